The first-order valence-electron chi connectivity index (χ1n) is 6.05. The molecule has 2 N–H and O–H groups in total. The highest BCUT2D eigenvalue weighted by Crippen LogP contribution is 2.20. The van der Waals surface area contributed by atoms with E-state index >= 15 is 0 Å². The van der Waals surface area contributed by atoms with E-state index in [1.807, 2.05) is 12.1 Å². The molecule has 0 spiro atoms. The lowest BCUT2D eigenvalue weighted by Crippen LogP contribution is -2.16. The molecule has 3 heterocycles. The Bertz CT molecular complexity index is 587. The standard InChI is InChI=1S/C13H14N4O/c18-12-6-11(9-2-1-4-14-7-9)16-13(17-12)10-3-5-15-8-10/h1-2,4,6-7,10,15H,3,5,8H2,(H,16,17,18)/t10-/m0/s1. The molecule has 0 aromatic carbocycles. The van der Waals surface area contributed by atoms with Gasteiger partial charge in [0.15, 0.2) is 0 Å². The second-order valence-electron chi connectivity index (χ2n) is 4.45. The van der Waals surface area contributed by atoms with Crippen LogP contribution in [0.5, 0.6) is 0 Å². The van der Waals surface area contributed by atoms with Gasteiger partial charge in [-0.15, -0.1) is 0 Å². The maximum atomic E-state index is 11.7. The summed E-state index contributed by atoms with van der Waals surface area (Å²) in [6.45, 7) is 1.85. The van der Waals surface area contributed by atoms with Crippen molar-refractivity contribution in [2.45, 2.75) is 12.3 Å². The van der Waals surface area contributed by atoms with Crippen LogP contribution in [0.1, 0.15) is 18.2 Å². The fourth-order valence-corrected chi connectivity index (χ4v) is 2.22. The Kier molecular flexibility index (Phi) is 2.90. The molecule has 0 aliphatic carbocycles. The van der Waals surface area contributed by atoms with Crippen molar-refractivity contribution < 1.29 is 0 Å². The zero-order valence-electron chi connectivity index (χ0n) is 9.89. The molecule has 1 aliphatic heterocycles. The van der Waals surface area contributed by atoms with Crippen molar-refractivity contribution in [3.05, 3.63) is 46.8 Å². The minimum atomic E-state index is -0.106. The molecule has 5 heteroatoms. The van der Waals surface area contributed by atoms with E-state index in [0.717, 1.165) is 30.9 Å². The van der Waals surface area contributed by atoms with Crippen LogP contribution in [-0.2, 0) is 0 Å². The van der Waals surface area contributed by atoms with Crippen molar-refractivity contribution in [3.8, 4) is 11.3 Å². The molecule has 0 saturated carbocycles. The van der Waals surface area contributed by atoms with Crippen molar-refractivity contribution in [1.82, 2.24) is 20.3 Å². The largest absolute Gasteiger partial charge is 0.316 e. The summed E-state index contributed by atoms with van der Waals surface area (Å²) in [6.07, 6.45) is 4.44. The van der Waals surface area contributed by atoms with Crippen molar-refractivity contribution in [2.75, 3.05) is 13.1 Å². The Morgan fingerprint density at radius 3 is 3.06 bits per heavy atom. The van der Waals surface area contributed by atoms with Crippen molar-refractivity contribution in [3.63, 3.8) is 0 Å². The third-order valence-corrected chi connectivity index (χ3v) is 3.16. The quantitative estimate of drug-likeness (QED) is 0.821. The molecule has 5 nitrogen and oxygen atoms in total. The molecule has 2 aromatic rings. The van der Waals surface area contributed by atoms with E-state index in [4.69, 9.17) is 0 Å². The molecule has 3 rings (SSSR count). The smallest absolute Gasteiger partial charge is 0.251 e. The Morgan fingerprint density at radius 2 is 2.33 bits per heavy atom. The van der Waals surface area contributed by atoms with Crippen LogP contribution >= 0.6 is 0 Å². The number of hydrogen-bond donors (Lipinski definition) is 2. The maximum Gasteiger partial charge on any atom is 0.251 e. The fraction of sp³-hybridized carbons (Fsp3) is 0.308. The lowest BCUT2D eigenvalue weighted by atomic mass is 10.1. The first-order chi connectivity index (χ1) is 8.83. The number of nitrogens with zero attached hydrogens (tertiary/aromatic N) is 2. The Balaban J connectivity index is 2.03. The molecule has 0 unspecified atom stereocenters. The van der Waals surface area contributed by atoms with Gasteiger partial charge in [0.25, 0.3) is 5.56 Å². The van der Waals surface area contributed by atoms with Crippen molar-refractivity contribution in [2.24, 2.45) is 0 Å². The minimum Gasteiger partial charge on any atom is -0.316 e. The summed E-state index contributed by atoms with van der Waals surface area (Å²) < 4.78 is 0. The van der Waals surface area contributed by atoms with E-state index < -0.39 is 0 Å². The predicted molar refractivity (Wildman–Crippen MR) is 68.3 cm³/mol. The van der Waals surface area contributed by atoms with Crippen LogP contribution in [-0.4, -0.2) is 28.0 Å². The zero-order valence-corrected chi connectivity index (χ0v) is 9.89. The van der Waals surface area contributed by atoms with Crippen LogP contribution in [0.3, 0.4) is 0 Å². The van der Waals surface area contributed by atoms with Gasteiger partial charge in [-0.1, -0.05) is 0 Å². The molecule has 0 amide bonds. The van der Waals surface area contributed by atoms with Crippen LogP contribution in [0, 0.1) is 0 Å². The number of aromatic nitrogens is 3. The summed E-state index contributed by atoms with van der Waals surface area (Å²) in [4.78, 5) is 23.1. The van der Waals surface area contributed by atoms with E-state index in [9.17, 15) is 4.79 Å². The SMILES string of the molecule is O=c1cc(-c2cccnc2)nc([C@H]2CCNC2)[nH]1. The summed E-state index contributed by atoms with van der Waals surface area (Å²) in [5.41, 5.74) is 1.45. The van der Waals surface area contributed by atoms with E-state index in [-0.39, 0.29) is 5.56 Å². The van der Waals surface area contributed by atoms with Gasteiger partial charge in [0.05, 0.1) is 5.69 Å². The van der Waals surface area contributed by atoms with E-state index in [0.29, 0.717) is 11.6 Å². The van der Waals surface area contributed by atoms with E-state index in [2.05, 4.69) is 20.3 Å². The van der Waals surface area contributed by atoms with Crippen LogP contribution < -0.4 is 10.9 Å². The second-order valence-corrected chi connectivity index (χ2v) is 4.45. The maximum absolute atomic E-state index is 11.7. The minimum absolute atomic E-state index is 0.106. The number of hydrogen-bond acceptors (Lipinski definition) is 4. The molecular formula is C13H14N4O. The summed E-state index contributed by atoms with van der Waals surface area (Å²) in [7, 11) is 0. The zero-order chi connectivity index (χ0) is 12.4. The third-order valence-electron chi connectivity index (χ3n) is 3.16. The van der Waals surface area contributed by atoms with E-state index in [1.54, 1.807) is 12.4 Å². The lowest BCUT2D eigenvalue weighted by molar-refractivity contribution is 0.698. The molecule has 1 fully saturated rings. The highest BCUT2D eigenvalue weighted by Gasteiger charge is 2.19. The van der Waals surface area contributed by atoms with Crippen LogP contribution in [0.25, 0.3) is 11.3 Å². The highest BCUT2D eigenvalue weighted by molar-refractivity contribution is 5.56. The number of pyridine rings is 1. The number of aromatic amines is 1. The lowest BCUT2D eigenvalue weighted by Gasteiger charge is -2.09. The molecule has 18 heavy (non-hydrogen) atoms. The average molecular weight is 242 g/mol. The number of H-pyrrole nitrogens is 1. The first-order valence-corrected chi connectivity index (χ1v) is 6.05. The van der Waals surface area contributed by atoms with Crippen molar-refractivity contribution >= 4 is 0 Å². The van der Waals surface area contributed by atoms with Gasteiger partial charge < -0.3 is 10.3 Å². The fourth-order valence-electron chi connectivity index (χ4n) is 2.22. The van der Waals surface area contributed by atoms with Crippen LogP contribution in [0.4, 0.5) is 0 Å². The molecule has 0 bridgehead atoms. The molecular weight excluding hydrogens is 228 g/mol. The van der Waals surface area contributed by atoms with Gasteiger partial charge in [-0.25, -0.2) is 4.98 Å². The second kappa shape index (κ2) is 4.70. The average Bonchev–Trinajstić information content (AvgIpc) is 2.93. The molecule has 1 aliphatic rings. The van der Waals surface area contributed by atoms with Crippen LogP contribution in [0.15, 0.2) is 35.4 Å². The van der Waals surface area contributed by atoms with Gasteiger partial charge in [-0.05, 0) is 25.1 Å². The predicted octanol–water partition coefficient (Wildman–Crippen LogP) is 0.909. The van der Waals surface area contributed by atoms with Gasteiger partial charge in [0.2, 0.25) is 0 Å². The Hall–Kier alpha value is -2.01. The molecule has 1 saturated heterocycles. The van der Waals surface area contributed by atoms with Crippen LogP contribution in [0.2, 0.25) is 0 Å². The van der Waals surface area contributed by atoms with Gasteiger partial charge in [0.1, 0.15) is 5.82 Å². The summed E-state index contributed by atoms with van der Waals surface area (Å²) in [5, 5.41) is 3.28. The van der Waals surface area contributed by atoms with Gasteiger partial charge in [-0.2, -0.15) is 0 Å². The van der Waals surface area contributed by atoms with Gasteiger partial charge in [-0.3, -0.25) is 9.78 Å². The highest BCUT2D eigenvalue weighted by atomic mass is 16.1. The summed E-state index contributed by atoms with van der Waals surface area (Å²) >= 11 is 0. The molecule has 0 radical (unpaired) electrons. The van der Waals surface area contributed by atoms with Gasteiger partial charge >= 0.3 is 0 Å². The molecule has 1 atom stereocenters. The van der Waals surface area contributed by atoms with Crippen molar-refractivity contribution in [1.29, 1.82) is 0 Å². The first kappa shape index (κ1) is 11.1. The number of rotatable bonds is 2. The topological polar surface area (TPSA) is 70.7 Å². The summed E-state index contributed by atoms with van der Waals surface area (Å²) in [6, 6.07) is 5.27. The molecule has 2 aromatic heterocycles. The Labute approximate surface area is 104 Å². The normalized spacial score (nSPS) is 19.0. The summed E-state index contributed by atoms with van der Waals surface area (Å²) in [5.74, 6) is 1.07. The van der Waals surface area contributed by atoms with E-state index in [1.165, 1.54) is 6.07 Å². The number of nitrogens with one attached hydrogen (secondary N) is 2. The molecule has 92 valence electrons. The van der Waals surface area contributed by atoms with Gasteiger partial charge in [0, 0.05) is 36.5 Å². The monoisotopic (exact) mass is 242 g/mol. The Morgan fingerprint density at radius 1 is 1.39 bits per heavy atom. The third kappa shape index (κ3) is 2.17.